The number of hydrogen-bond donors (Lipinski definition) is 2. The van der Waals surface area contributed by atoms with Gasteiger partial charge in [-0.1, -0.05) is 0 Å². The fourth-order valence-corrected chi connectivity index (χ4v) is 3.34. The lowest BCUT2D eigenvalue weighted by atomic mass is 10.1. The van der Waals surface area contributed by atoms with Crippen LogP contribution in [0.5, 0.6) is 0 Å². The van der Waals surface area contributed by atoms with Crippen LogP contribution in [0.2, 0.25) is 0 Å². The van der Waals surface area contributed by atoms with Crippen LogP contribution in [0.4, 0.5) is 18.3 Å². The first-order valence-corrected chi connectivity index (χ1v) is 9.22. The number of amides is 1. The number of carbonyl (C=O) groups is 1. The quantitative estimate of drug-likeness (QED) is 0.810. The largest absolute Gasteiger partial charge is 0.320 e. The second-order valence-corrected chi connectivity index (χ2v) is 7.23. The first-order valence-electron chi connectivity index (χ1n) is 7.01. The van der Waals surface area contributed by atoms with Crippen LogP contribution < -0.4 is 11.1 Å². The Balaban J connectivity index is 2.24. The molecule has 0 radical (unpaired) electrons. The lowest BCUT2D eigenvalue weighted by Crippen LogP contribution is -2.36. The van der Waals surface area contributed by atoms with Gasteiger partial charge in [-0.2, -0.15) is 11.8 Å². The molecule has 1 heterocycles. The minimum atomic E-state index is -1.05. The van der Waals surface area contributed by atoms with Crippen molar-refractivity contribution in [1.82, 2.24) is 4.98 Å². The number of aromatic nitrogens is 1. The summed E-state index contributed by atoms with van der Waals surface area (Å²) < 4.78 is 40.8. The van der Waals surface area contributed by atoms with Gasteiger partial charge in [-0.25, -0.2) is 18.2 Å². The fraction of sp³-hybridized carbons (Fsp3) is 0.333. The smallest absolute Gasteiger partial charge is 0.243 e. The van der Waals surface area contributed by atoms with Crippen molar-refractivity contribution in [1.29, 1.82) is 0 Å². The van der Waals surface area contributed by atoms with E-state index in [2.05, 4.69) is 10.3 Å². The van der Waals surface area contributed by atoms with Gasteiger partial charge in [0.1, 0.15) is 17.5 Å². The average Bonchev–Trinajstić information content (AvgIpc) is 2.84. The summed E-state index contributed by atoms with van der Waals surface area (Å²) in [5, 5.41) is 2.74. The molecule has 1 amide bonds. The van der Waals surface area contributed by atoms with E-state index in [1.54, 1.807) is 18.7 Å². The first-order chi connectivity index (χ1) is 11.3. The number of carbonyl (C=O) groups excluding carboxylic acids is 1. The standard InChI is InChI=1S/C15H16F3N3OS2/c1-7-13(12-9(17)5-8(16)6-10(12)18)20-15(24-7)21-14(22)11(19)3-4-23-2/h5-6,11H,3-4,19H2,1-2H3,(H,20,21,22)/t11-/m0/s1. The molecule has 1 atom stereocenters. The number of anilines is 1. The molecule has 2 aromatic rings. The summed E-state index contributed by atoms with van der Waals surface area (Å²) in [6, 6.07) is 0.492. The maximum absolute atomic E-state index is 13.9. The number of thiazole rings is 1. The molecule has 1 aromatic carbocycles. The third-order valence-electron chi connectivity index (χ3n) is 3.24. The van der Waals surface area contributed by atoms with Gasteiger partial charge < -0.3 is 11.1 Å². The molecule has 130 valence electrons. The average molecular weight is 375 g/mol. The zero-order chi connectivity index (χ0) is 17.9. The zero-order valence-corrected chi connectivity index (χ0v) is 14.7. The number of nitrogens with one attached hydrogen (secondary N) is 1. The van der Waals surface area contributed by atoms with E-state index >= 15 is 0 Å². The van der Waals surface area contributed by atoms with Gasteiger partial charge in [0.2, 0.25) is 5.91 Å². The second kappa shape index (κ2) is 8.00. The van der Waals surface area contributed by atoms with Gasteiger partial charge in [0.25, 0.3) is 0 Å². The number of thioether (sulfide) groups is 1. The molecule has 0 aliphatic carbocycles. The minimum absolute atomic E-state index is 0.0305. The van der Waals surface area contributed by atoms with E-state index in [0.717, 1.165) is 17.1 Å². The second-order valence-electron chi connectivity index (χ2n) is 5.05. The Morgan fingerprint density at radius 3 is 2.58 bits per heavy atom. The van der Waals surface area contributed by atoms with Crippen LogP contribution in [-0.2, 0) is 4.79 Å². The molecular formula is C15H16F3N3OS2. The highest BCUT2D eigenvalue weighted by Gasteiger charge is 2.21. The Morgan fingerprint density at radius 1 is 1.38 bits per heavy atom. The number of halogens is 3. The third kappa shape index (κ3) is 4.28. The molecule has 0 spiro atoms. The van der Waals surface area contributed by atoms with E-state index in [-0.39, 0.29) is 10.8 Å². The van der Waals surface area contributed by atoms with E-state index in [9.17, 15) is 18.0 Å². The molecule has 0 saturated heterocycles. The van der Waals surface area contributed by atoms with Crippen molar-refractivity contribution in [2.75, 3.05) is 17.3 Å². The Bertz CT molecular complexity index is 729. The van der Waals surface area contributed by atoms with Gasteiger partial charge in [-0.15, -0.1) is 11.3 Å². The van der Waals surface area contributed by atoms with E-state index < -0.39 is 35.0 Å². The van der Waals surface area contributed by atoms with Crippen LogP contribution in [0.1, 0.15) is 11.3 Å². The van der Waals surface area contributed by atoms with Crippen LogP contribution >= 0.6 is 23.1 Å². The minimum Gasteiger partial charge on any atom is -0.320 e. The molecule has 9 heteroatoms. The number of nitrogens with zero attached hydrogens (tertiary/aromatic N) is 1. The highest BCUT2D eigenvalue weighted by atomic mass is 32.2. The van der Waals surface area contributed by atoms with Crippen molar-refractivity contribution in [2.24, 2.45) is 5.73 Å². The van der Waals surface area contributed by atoms with Crippen LogP contribution in [0.25, 0.3) is 11.3 Å². The van der Waals surface area contributed by atoms with Crippen LogP contribution in [0.15, 0.2) is 12.1 Å². The Morgan fingerprint density at radius 2 is 2.00 bits per heavy atom. The summed E-state index contributed by atoms with van der Waals surface area (Å²) in [5.74, 6) is -2.77. The summed E-state index contributed by atoms with van der Waals surface area (Å²) >= 11 is 2.64. The summed E-state index contributed by atoms with van der Waals surface area (Å²) in [6.45, 7) is 1.61. The SMILES string of the molecule is CSCC[C@H](N)C(=O)Nc1nc(-c2c(F)cc(F)cc2F)c(C)s1. The molecule has 3 N–H and O–H groups in total. The molecule has 0 aliphatic heterocycles. The Kier molecular flexibility index (Phi) is 6.25. The van der Waals surface area contributed by atoms with Crippen molar-refractivity contribution in [3.05, 3.63) is 34.5 Å². The van der Waals surface area contributed by atoms with Crippen molar-refractivity contribution >= 4 is 34.1 Å². The molecule has 24 heavy (non-hydrogen) atoms. The monoisotopic (exact) mass is 375 g/mol. The number of rotatable bonds is 6. The van der Waals surface area contributed by atoms with Crippen LogP contribution in [0, 0.1) is 24.4 Å². The summed E-state index contributed by atoms with van der Waals surface area (Å²) in [6.07, 6.45) is 2.41. The van der Waals surface area contributed by atoms with E-state index in [0.29, 0.717) is 23.4 Å². The van der Waals surface area contributed by atoms with Gasteiger partial charge in [-0.05, 0) is 25.4 Å². The van der Waals surface area contributed by atoms with Gasteiger partial charge >= 0.3 is 0 Å². The maximum atomic E-state index is 13.9. The Hall–Kier alpha value is -1.58. The van der Waals surface area contributed by atoms with E-state index in [1.165, 1.54) is 0 Å². The van der Waals surface area contributed by atoms with Crippen LogP contribution in [-0.4, -0.2) is 28.9 Å². The predicted molar refractivity (Wildman–Crippen MR) is 91.8 cm³/mol. The molecule has 0 fully saturated rings. The zero-order valence-electron chi connectivity index (χ0n) is 13.0. The topological polar surface area (TPSA) is 68.0 Å². The van der Waals surface area contributed by atoms with Crippen LogP contribution in [0.3, 0.4) is 0 Å². The maximum Gasteiger partial charge on any atom is 0.243 e. The predicted octanol–water partition coefficient (Wildman–Crippen LogP) is 3.55. The molecule has 2 rings (SSSR count). The van der Waals surface area contributed by atoms with Crippen molar-refractivity contribution < 1.29 is 18.0 Å². The third-order valence-corrected chi connectivity index (χ3v) is 4.77. The summed E-state index contributed by atoms with van der Waals surface area (Å²) in [5.41, 5.74) is 5.37. The highest BCUT2D eigenvalue weighted by Crippen LogP contribution is 2.34. The molecule has 0 bridgehead atoms. The molecule has 4 nitrogen and oxygen atoms in total. The highest BCUT2D eigenvalue weighted by molar-refractivity contribution is 7.98. The van der Waals surface area contributed by atoms with Gasteiger partial charge in [0.05, 0.1) is 17.3 Å². The first kappa shape index (κ1) is 18.8. The molecule has 0 saturated carbocycles. The number of nitrogens with two attached hydrogens (primary N) is 1. The number of benzene rings is 1. The lowest BCUT2D eigenvalue weighted by molar-refractivity contribution is -0.117. The molecule has 1 aromatic heterocycles. The van der Waals surface area contributed by atoms with E-state index in [1.807, 2.05) is 6.26 Å². The fourth-order valence-electron chi connectivity index (χ4n) is 2.02. The number of aryl methyl sites for hydroxylation is 1. The van der Waals surface area contributed by atoms with Crippen molar-refractivity contribution in [2.45, 2.75) is 19.4 Å². The molecule has 0 aliphatic rings. The normalized spacial score (nSPS) is 12.2. The summed E-state index contributed by atoms with van der Waals surface area (Å²) in [7, 11) is 0. The van der Waals surface area contributed by atoms with Gasteiger partial charge in [0, 0.05) is 17.0 Å². The Labute approximate surface area is 145 Å². The van der Waals surface area contributed by atoms with Crippen molar-refractivity contribution in [3.63, 3.8) is 0 Å². The summed E-state index contributed by atoms with van der Waals surface area (Å²) in [4.78, 5) is 16.5. The van der Waals surface area contributed by atoms with Crippen molar-refractivity contribution in [3.8, 4) is 11.3 Å². The molecule has 0 unspecified atom stereocenters. The van der Waals surface area contributed by atoms with E-state index in [4.69, 9.17) is 5.73 Å². The van der Waals surface area contributed by atoms with Gasteiger partial charge in [0.15, 0.2) is 5.13 Å². The molecular weight excluding hydrogens is 359 g/mol. The van der Waals surface area contributed by atoms with Gasteiger partial charge in [-0.3, -0.25) is 4.79 Å². The lowest BCUT2D eigenvalue weighted by Gasteiger charge is -2.09. The number of hydrogen-bond acceptors (Lipinski definition) is 5.